The zero-order chi connectivity index (χ0) is 14.0. The van der Waals surface area contributed by atoms with Crippen LogP contribution in [0.3, 0.4) is 0 Å². The summed E-state index contributed by atoms with van der Waals surface area (Å²) in [6.07, 6.45) is 4.92. The van der Waals surface area contributed by atoms with Gasteiger partial charge >= 0.3 is 0 Å². The number of fused-ring (bicyclic) bond motifs is 2. The molecule has 0 atom stereocenters. The summed E-state index contributed by atoms with van der Waals surface area (Å²) in [7, 11) is 0. The fraction of sp³-hybridized carbons (Fsp3) is 0.250. The van der Waals surface area contributed by atoms with Crippen LogP contribution in [0.4, 0.5) is 0 Å². The van der Waals surface area contributed by atoms with E-state index < -0.39 is 0 Å². The van der Waals surface area contributed by atoms with E-state index in [9.17, 15) is 4.79 Å². The summed E-state index contributed by atoms with van der Waals surface area (Å²) < 4.78 is 0. The number of hydrogen-bond donors (Lipinski definition) is 0. The molecule has 0 aliphatic heterocycles. The normalized spacial score (nSPS) is 16.7. The van der Waals surface area contributed by atoms with Gasteiger partial charge in [-0.05, 0) is 70.0 Å². The first-order chi connectivity index (χ1) is 10.3. The molecular formula is C20H16O. The van der Waals surface area contributed by atoms with Crippen LogP contribution in [0.25, 0.3) is 21.5 Å². The minimum absolute atomic E-state index is 0.341. The maximum atomic E-state index is 12.3. The van der Waals surface area contributed by atoms with Crippen molar-refractivity contribution < 1.29 is 4.79 Å². The molecule has 0 unspecified atom stereocenters. The van der Waals surface area contributed by atoms with Crippen molar-refractivity contribution in [2.45, 2.75) is 32.1 Å². The fourth-order valence-corrected chi connectivity index (χ4v) is 4.27. The highest BCUT2D eigenvalue weighted by Crippen LogP contribution is 2.40. The average Bonchev–Trinajstić information content (AvgIpc) is 2.53. The van der Waals surface area contributed by atoms with Gasteiger partial charge in [0.15, 0.2) is 5.78 Å². The lowest BCUT2D eigenvalue weighted by molar-refractivity contribution is 0.0972. The third-order valence-electron chi connectivity index (χ3n) is 5.22. The zero-order valence-corrected chi connectivity index (χ0v) is 11.9. The van der Waals surface area contributed by atoms with Crippen molar-refractivity contribution in [2.24, 2.45) is 0 Å². The molecule has 0 spiro atoms. The molecule has 2 aliphatic carbocycles. The number of carbonyl (C=O) groups excluding carboxylic acids is 1. The third kappa shape index (κ3) is 1.44. The molecule has 0 radical (unpaired) electrons. The molecule has 21 heavy (non-hydrogen) atoms. The van der Waals surface area contributed by atoms with Crippen LogP contribution < -0.4 is 0 Å². The minimum atomic E-state index is 0.341. The van der Waals surface area contributed by atoms with Crippen molar-refractivity contribution in [3.8, 4) is 0 Å². The Morgan fingerprint density at radius 1 is 0.810 bits per heavy atom. The van der Waals surface area contributed by atoms with E-state index in [-0.39, 0.29) is 0 Å². The summed E-state index contributed by atoms with van der Waals surface area (Å²) in [5, 5.41) is 5.51. The standard InChI is InChI=1S/C20H16O/c21-18-6-2-5-15-16-10-9-13-4-1-3-12-7-8-14(11-17(15)18)20(16)19(12)13/h1,3-4,9-11H,2,5-8H2. The first kappa shape index (κ1) is 11.5. The second-order valence-corrected chi connectivity index (χ2v) is 6.34. The van der Waals surface area contributed by atoms with E-state index in [2.05, 4.69) is 36.4 Å². The van der Waals surface area contributed by atoms with Gasteiger partial charge in [0.05, 0.1) is 0 Å². The molecule has 0 amide bonds. The van der Waals surface area contributed by atoms with Gasteiger partial charge < -0.3 is 0 Å². The molecule has 0 N–H and O–H groups in total. The van der Waals surface area contributed by atoms with E-state index in [0.29, 0.717) is 5.78 Å². The highest BCUT2D eigenvalue weighted by Gasteiger charge is 2.24. The van der Waals surface area contributed by atoms with Gasteiger partial charge in [-0.15, -0.1) is 0 Å². The molecule has 0 aromatic heterocycles. The lowest BCUT2D eigenvalue weighted by atomic mass is 9.79. The van der Waals surface area contributed by atoms with Crippen LogP contribution in [0.15, 0.2) is 36.4 Å². The Bertz CT molecular complexity index is 934. The van der Waals surface area contributed by atoms with Crippen molar-refractivity contribution in [3.63, 3.8) is 0 Å². The van der Waals surface area contributed by atoms with E-state index >= 15 is 0 Å². The number of Topliss-reactive ketones (excluding diaryl/α,β-unsaturated/α-hetero) is 1. The van der Waals surface area contributed by atoms with Gasteiger partial charge in [-0.3, -0.25) is 4.79 Å². The first-order valence-corrected chi connectivity index (χ1v) is 7.85. The third-order valence-corrected chi connectivity index (χ3v) is 5.22. The molecule has 102 valence electrons. The van der Waals surface area contributed by atoms with Gasteiger partial charge in [0.1, 0.15) is 0 Å². The smallest absolute Gasteiger partial charge is 0.163 e. The van der Waals surface area contributed by atoms with E-state index in [1.54, 1.807) is 0 Å². The Morgan fingerprint density at radius 3 is 2.67 bits per heavy atom. The lowest BCUT2D eigenvalue weighted by Gasteiger charge is -2.24. The van der Waals surface area contributed by atoms with Crippen LogP contribution in [0.2, 0.25) is 0 Å². The molecule has 3 aromatic carbocycles. The van der Waals surface area contributed by atoms with Gasteiger partial charge in [0.25, 0.3) is 0 Å². The van der Waals surface area contributed by atoms with Crippen LogP contribution in [0.1, 0.15) is 39.9 Å². The van der Waals surface area contributed by atoms with Gasteiger partial charge in [-0.25, -0.2) is 0 Å². The number of carbonyl (C=O) groups is 1. The van der Waals surface area contributed by atoms with Crippen molar-refractivity contribution in [1.82, 2.24) is 0 Å². The molecular weight excluding hydrogens is 256 g/mol. The summed E-state index contributed by atoms with van der Waals surface area (Å²) in [6, 6.07) is 13.3. The Labute approximate surface area is 123 Å². The maximum Gasteiger partial charge on any atom is 0.163 e. The fourth-order valence-electron chi connectivity index (χ4n) is 4.27. The molecule has 2 aliphatic rings. The van der Waals surface area contributed by atoms with Gasteiger partial charge in [0, 0.05) is 12.0 Å². The largest absolute Gasteiger partial charge is 0.294 e. The number of hydrogen-bond acceptors (Lipinski definition) is 1. The van der Waals surface area contributed by atoms with E-state index in [4.69, 9.17) is 0 Å². The van der Waals surface area contributed by atoms with Crippen LogP contribution >= 0.6 is 0 Å². The Morgan fingerprint density at radius 2 is 1.71 bits per heavy atom. The van der Waals surface area contributed by atoms with Gasteiger partial charge in [-0.1, -0.05) is 30.3 Å². The second kappa shape index (κ2) is 3.94. The number of rotatable bonds is 0. The predicted octanol–water partition coefficient (Wildman–Crippen LogP) is 4.61. The SMILES string of the molecule is O=C1CCCc2c1cc1c3c2ccc2cccc(c23)CC1. The molecule has 0 bridgehead atoms. The summed E-state index contributed by atoms with van der Waals surface area (Å²) >= 11 is 0. The monoisotopic (exact) mass is 272 g/mol. The lowest BCUT2D eigenvalue weighted by Crippen LogP contribution is -2.13. The maximum absolute atomic E-state index is 12.3. The topological polar surface area (TPSA) is 17.1 Å². The minimum Gasteiger partial charge on any atom is -0.294 e. The first-order valence-electron chi connectivity index (χ1n) is 7.85. The second-order valence-electron chi connectivity index (χ2n) is 6.34. The summed E-state index contributed by atoms with van der Waals surface area (Å²) in [4.78, 5) is 12.3. The van der Waals surface area contributed by atoms with E-state index in [1.165, 1.54) is 38.2 Å². The molecule has 3 aromatic rings. The number of aryl methyl sites for hydroxylation is 3. The summed E-state index contributed by atoms with van der Waals surface area (Å²) in [5.41, 5.74) is 5.14. The molecule has 1 nitrogen and oxygen atoms in total. The molecule has 0 saturated carbocycles. The Balaban J connectivity index is 2.04. The number of benzene rings is 3. The summed E-state index contributed by atoms with van der Waals surface area (Å²) in [5.74, 6) is 0.341. The van der Waals surface area contributed by atoms with Gasteiger partial charge in [-0.2, -0.15) is 0 Å². The molecule has 5 rings (SSSR count). The molecule has 0 fully saturated rings. The summed E-state index contributed by atoms with van der Waals surface area (Å²) in [6.45, 7) is 0. The average molecular weight is 272 g/mol. The highest BCUT2D eigenvalue weighted by atomic mass is 16.1. The van der Waals surface area contributed by atoms with Crippen molar-refractivity contribution >= 4 is 27.3 Å². The molecule has 1 heteroatoms. The Hall–Kier alpha value is -2.15. The van der Waals surface area contributed by atoms with Crippen LogP contribution in [0.5, 0.6) is 0 Å². The molecule has 0 heterocycles. The number of ketones is 1. The quantitative estimate of drug-likeness (QED) is 0.546. The van der Waals surface area contributed by atoms with Crippen LogP contribution in [0, 0.1) is 0 Å². The zero-order valence-electron chi connectivity index (χ0n) is 11.9. The van der Waals surface area contributed by atoms with Crippen LogP contribution in [-0.2, 0) is 19.3 Å². The highest BCUT2D eigenvalue weighted by molar-refractivity contribution is 6.15. The van der Waals surface area contributed by atoms with Crippen molar-refractivity contribution in [3.05, 3.63) is 58.7 Å². The van der Waals surface area contributed by atoms with Crippen LogP contribution in [-0.4, -0.2) is 5.78 Å². The van der Waals surface area contributed by atoms with E-state index in [1.807, 2.05) is 0 Å². The molecule has 0 saturated heterocycles. The Kier molecular flexibility index (Phi) is 2.16. The van der Waals surface area contributed by atoms with Crippen molar-refractivity contribution in [2.75, 3.05) is 0 Å². The van der Waals surface area contributed by atoms with Crippen molar-refractivity contribution in [1.29, 1.82) is 0 Å². The van der Waals surface area contributed by atoms with Gasteiger partial charge in [0.2, 0.25) is 0 Å². The predicted molar refractivity (Wildman–Crippen MR) is 86.1 cm³/mol. The van der Waals surface area contributed by atoms with E-state index in [0.717, 1.165) is 37.7 Å².